The number of ether oxygens (including phenoxy) is 1. The number of nitrogens with one attached hydrogen (secondary N) is 1. The first kappa shape index (κ1) is 16.6. The lowest BCUT2D eigenvalue weighted by Gasteiger charge is -2.08. The minimum absolute atomic E-state index is 0.0841. The van der Waals surface area contributed by atoms with Crippen LogP contribution in [0.25, 0.3) is 0 Å². The van der Waals surface area contributed by atoms with E-state index in [1.165, 1.54) is 16.9 Å². The van der Waals surface area contributed by atoms with Gasteiger partial charge < -0.3 is 4.74 Å². The van der Waals surface area contributed by atoms with Gasteiger partial charge in [0, 0.05) is 6.42 Å². The summed E-state index contributed by atoms with van der Waals surface area (Å²) in [4.78, 5) is 28.8. The zero-order valence-electron chi connectivity index (χ0n) is 13.8. The Morgan fingerprint density at radius 2 is 2.04 bits per heavy atom. The van der Waals surface area contributed by atoms with Crippen molar-refractivity contribution in [1.29, 1.82) is 0 Å². The standard InChI is InChI=1S/C18H20N2O3S/c1-11(2)12-6-8-13(9-7-12)23-10-16(22)20-18-19-14-4-3-5-15(21)17(14)24-18/h6-9,11H,3-5,10H2,1-2H3,(H,19,20,22). The number of hydrogen-bond acceptors (Lipinski definition) is 5. The molecule has 0 atom stereocenters. The van der Waals surface area contributed by atoms with Crippen molar-refractivity contribution in [3.8, 4) is 5.75 Å². The lowest BCUT2D eigenvalue weighted by molar-refractivity contribution is -0.118. The van der Waals surface area contributed by atoms with Gasteiger partial charge in [0.2, 0.25) is 0 Å². The Hall–Kier alpha value is -2.21. The van der Waals surface area contributed by atoms with E-state index < -0.39 is 0 Å². The van der Waals surface area contributed by atoms with Gasteiger partial charge in [0.1, 0.15) is 5.75 Å². The average molecular weight is 344 g/mol. The van der Waals surface area contributed by atoms with Crippen LogP contribution in [0.1, 0.15) is 53.5 Å². The molecule has 0 radical (unpaired) electrons. The third kappa shape index (κ3) is 3.82. The summed E-state index contributed by atoms with van der Waals surface area (Å²) in [6.07, 6.45) is 2.20. The summed E-state index contributed by atoms with van der Waals surface area (Å²) in [5.41, 5.74) is 2.03. The molecular weight excluding hydrogens is 324 g/mol. The smallest absolute Gasteiger partial charge is 0.264 e. The summed E-state index contributed by atoms with van der Waals surface area (Å²) in [6.45, 7) is 4.17. The molecule has 0 unspecified atom stereocenters. The van der Waals surface area contributed by atoms with E-state index in [0.717, 1.165) is 18.5 Å². The number of benzene rings is 1. The van der Waals surface area contributed by atoms with Crippen molar-refractivity contribution in [3.05, 3.63) is 40.4 Å². The number of fused-ring (bicyclic) bond motifs is 1. The van der Waals surface area contributed by atoms with Gasteiger partial charge in [0.05, 0.1) is 10.6 Å². The van der Waals surface area contributed by atoms with Crippen molar-refractivity contribution in [1.82, 2.24) is 4.98 Å². The maximum absolute atomic E-state index is 12.0. The molecule has 5 nitrogen and oxygen atoms in total. The molecule has 6 heteroatoms. The number of anilines is 1. The second-order valence-electron chi connectivity index (χ2n) is 6.13. The molecule has 24 heavy (non-hydrogen) atoms. The summed E-state index contributed by atoms with van der Waals surface area (Å²) in [5.74, 6) is 0.960. The average Bonchev–Trinajstić information content (AvgIpc) is 2.97. The van der Waals surface area contributed by atoms with Crippen LogP contribution in [0, 0.1) is 0 Å². The van der Waals surface area contributed by atoms with E-state index in [9.17, 15) is 9.59 Å². The molecule has 1 N–H and O–H groups in total. The lowest BCUT2D eigenvalue weighted by Crippen LogP contribution is -2.20. The molecule has 3 rings (SSSR count). The number of amides is 1. The van der Waals surface area contributed by atoms with Crippen molar-refractivity contribution < 1.29 is 14.3 Å². The number of nitrogens with zero attached hydrogens (tertiary/aromatic N) is 1. The summed E-state index contributed by atoms with van der Waals surface area (Å²) in [6, 6.07) is 7.73. The van der Waals surface area contributed by atoms with E-state index >= 15 is 0 Å². The third-order valence-electron chi connectivity index (χ3n) is 3.93. The van der Waals surface area contributed by atoms with Crippen LogP contribution in [-0.4, -0.2) is 23.3 Å². The number of aromatic nitrogens is 1. The van der Waals surface area contributed by atoms with E-state index in [4.69, 9.17) is 4.74 Å². The summed E-state index contributed by atoms with van der Waals surface area (Å²) in [7, 11) is 0. The zero-order valence-corrected chi connectivity index (χ0v) is 14.6. The Kier molecular flexibility index (Phi) is 4.94. The molecule has 0 aliphatic heterocycles. The predicted molar refractivity (Wildman–Crippen MR) is 94.0 cm³/mol. The highest BCUT2D eigenvalue weighted by Crippen LogP contribution is 2.29. The topological polar surface area (TPSA) is 68.3 Å². The number of Topliss-reactive ketones (excluding diaryl/α,β-unsaturated/α-hetero) is 1. The van der Waals surface area contributed by atoms with Gasteiger partial charge in [-0.15, -0.1) is 0 Å². The molecule has 1 aromatic heterocycles. The maximum Gasteiger partial charge on any atom is 0.264 e. The van der Waals surface area contributed by atoms with Crippen molar-refractivity contribution in [3.63, 3.8) is 0 Å². The molecule has 1 heterocycles. The second-order valence-corrected chi connectivity index (χ2v) is 7.13. The number of aryl methyl sites for hydroxylation is 1. The molecule has 1 amide bonds. The van der Waals surface area contributed by atoms with Crippen molar-refractivity contribution in [2.24, 2.45) is 0 Å². The van der Waals surface area contributed by atoms with Gasteiger partial charge >= 0.3 is 0 Å². The highest BCUT2D eigenvalue weighted by Gasteiger charge is 2.22. The summed E-state index contributed by atoms with van der Waals surface area (Å²) >= 11 is 1.25. The molecule has 1 aromatic carbocycles. The minimum atomic E-state index is -0.276. The molecule has 0 fully saturated rings. The molecule has 1 aliphatic carbocycles. The monoisotopic (exact) mass is 344 g/mol. The fourth-order valence-corrected chi connectivity index (χ4v) is 3.57. The number of rotatable bonds is 5. The summed E-state index contributed by atoms with van der Waals surface area (Å²) in [5, 5.41) is 3.18. The van der Waals surface area contributed by atoms with Gasteiger partial charge in [-0.1, -0.05) is 37.3 Å². The van der Waals surface area contributed by atoms with Crippen LogP contribution in [-0.2, 0) is 11.2 Å². The minimum Gasteiger partial charge on any atom is -0.484 e. The number of carbonyl (C=O) groups excluding carboxylic acids is 2. The lowest BCUT2D eigenvalue weighted by atomic mass is 10.0. The Labute approximate surface area is 145 Å². The van der Waals surface area contributed by atoms with Crippen LogP contribution in [0.5, 0.6) is 5.75 Å². The van der Waals surface area contributed by atoms with E-state index in [1.807, 2.05) is 24.3 Å². The number of thiazole rings is 1. The molecule has 0 saturated heterocycles. The first-order valence-corrected chi connectivity index (χ1v) is 8.90. The van der Waals surface area contributed by atoms with Crippen molar-refractivity contribution in [2.75, 3.05) is 11.9 Å². The SMILES string of the molecule is CC(C)c1ccc(OCC(=O)Nc2nc3c(s2)C(=O)CCC3)cc1. The van der Waals surface area contributed by atoms with E-state index in [0.29, 0.717) is 28.1 Å². The van der Waals surface area contributed by atoms with E-state index in [2.05, 4.69) is 24.1 Å². The fourth-order valence-electron chi connectivity index (χ4n) is 2.58. The van der Waals surface area contributed by atoms with Crippen molar-refractivity contribution >= 4 is 28.2 Å². The zero-order chi connectivity index (χ0) is 17.1. The highest BCUT2D eigenvalue weighted by atomic mass is 32.1. The number of hydrogen-bond donors (Lipinski definition) is 1. The Morgan fingerprint density at radius 3 is 2.71 bits per heavy atom. The highest BCUT2D eigenvalue weighted by molar-refractivity contribution is 7.17. The van der Waals surface area contributed by atoms with Crippen LogP contribution in [0.2, 0.25) is 0 Å². The molecular formula is C18H20N2O3S. The van der Waals surface area contributed by atoms with E-state index in [1.54, 1.807) is 0 Å². The molecule has 0 saturated carbocycles. The number of ketones is 1. The van der Waals surface area contributed by atoms with Crippen LogP contribution in [0.3, 0.4) is 0 Å². The van der Waals surface area contributed by atoms with Gasteiger partial charge in [0.25, 0.3) is 5.91 Å². The third-order valence-corrected chi connectivity index (χ3v) is 4.99. The first-order chi connectivity index (χ1) is 11.5. The maximum atomic E-state index is 12.0. The molecule has 0 bridgehead atoms. The van der Waals surface area contributed by atoms with E-state index in [-0.39, 0.29) is 18.3 Å². The Bertz CT molecular complexity index is 750. The van der Waals surface area contributed by atoms with Gasteiger partial charge in [-0.25, -0.2) is 4.98 Å². The quantitative estimate of drug-likeness (QED) is 0.896. The molecule has 0 spiro atoms. The van der Waals surface area contributed by atoms with Crippen LogP contribution in [0.15, 0.2) is 24.3 Å². The van der Waals surface area contributed by atoms with Crippen molar-refractivity contribution in [2.45, 2.75) is 39.0 Å². The van der Waals surface area contributed by atoms with Crippen LogP contribution < -0.4 is 10.1 Å². The predicted octanol–water partition coefficient (Wildman–Crippen LogP) is 3.80. The Balaban J connectivity index is 1.55. The van der Waals surface area contributed by atoms with Gasteiger partial charge in [-0.05, 0) is 36.5 Å². The Morgan fingerprint density at radius 1 is 1.29 bits per heavy atom. The summed E-state index contributed by atoms with van der Waals surface area (Å²) < 4.78 is 5.50. The van der Waals surface area contributed by atoms with Gasteiger partial charge in [-0.3, -0.25) is 14.9 Å². The molecule has 126 valence electrons. The first-order valence-electron chi connectivity index (χ1n) is 8.08. The van der Waals surface area contributed by atoms with Gasteiger partial charge in [0.15, 0.2) is 17.5 Å². The molecule has 1 aliphatic rings. The fraction of sp³-hybridized carbons (Fsp3) is 0.389. The number of carbonyl (C=O) groups is 2. The second kappa shape index (κ2) is 7.13. The normalized spacial score (nSPS) is 13.7. The van der Waals surface area contributed by atoms with Gasteiger partial charge in [-0.2, -0.15) is 0 Å². The largest absolute Gasteiger partial charge is 0.484 e. The van der Waals surface area contributed by atoms with Crippen LogP contribution in [0.4, 0.5) is 5.13 Å². The van der Waals surface area contributed by atoms with Crippen LogP contribution >= 0.6 is 11.3 Å². The molecule has 2 aromatic rings.